The molecule has 0 unspecified atom stereocenters. The molecule has 0 saturated heterocycles. The Balaban J connectivity index is 1.39. The van der Waals surface area contributed by atoms with Gasteiger partial charge in [0.15, 0.2) is 0 Å². The summed E-state index contributed by atoms with van der Waals surface area (Å²) in [5.41, 5.74) is 2.25. The first-order valence-corrected chi connectivity index (χ1v) is 9.77. The first-order chi connectivity index (χ1) is 14.5. The van der Waals surface area contributed by atoms with Gasteiger partial charge in [-0.05, 0) is 38.8 Å². The molecule has 2 N–H and O–H groups in total. The van der Waals surface area contributed by atoms with E-state index in [4.69, 9.17) is 4.42 Å². The number of furan rings is 1. The largest absolute Gasteiger partial charge is 0.445 e. The summed E-state index contributed by atoms with van der Waals surface area (Å²) in [6.45, 7) is 4.45. The fourth-order valence-corrected chi connectivity index (χ4v) is 3.28. The lowest BCUT2D eigenvalue weighted by atomic mass is 10.2. The summed E-state index contributed by atoms with van der Waals surface area (Å²) in [4.78, 5) is 26.1. The van der Waals surface area contributed by atoms with Gasteiger partial charge in [-0.2, -0.15) is 10.1 Å². The quantitative estimate of drug-likeness (QED) is 0.508. The van der Waals surface area contributed by atoms with E-state index in [1.54, 1.807) is 30.2 Å². The van der Waals surface area contributed by atoms with E-state index in [2.05, 4.69) is 37.6 Å². The first-order valence-electron chi connectivity index (χ1n) is 9.77. The van der Waals surface area contributed by atoms with Gasteiger partial charge >= 0.3 is 0 Å². The van der Waals surface area contributed by atoms with Gasteiger partial charge in [0.1, 0.15) is 17.9 Å². The van der Waals surface area contributed by atoms with Crippen LogP contribution in [-0.4, -0.2) is 36.2 Å². The highest BCUT2D eigenvalue weighted by Crippen LogP contribution is 2.40. The van der Waals surface area contributed by atoms with Gasteiger partial charge in [0.05, 0.1) is 35.1 Å². The van der Waals surface area contributed by atoms with Crippen LogP contribution in [0.1, 0.15) is 41.6 Å². The van der Waals surface area contributed by atoms with Crippen molar-refractivity contribution >= 4 is 28.5 Å². The van der Waals surface area contributed by atoms with Crippen molar-refractivity contribution in [3.05, 3.63) is 60.1 Å². The monoisotopic (exact) mass is 403 g/mol. The van der Waals surface area contributed by atoms with E-state index in [1.807, 2.05) is 18.2 Å². The average Bonchev–Trinajstić information content (AvgIpc) is 3.10. The predicted octanol–water partition coefficient (Wildman–Crippen LogP) is 3.39. The lowest BCUT2D eigenvalue weighted by Crippen LogP contribution is -2.18. The SMILES string of the molecule is Cc1nc(NC2(C)CC2)c2c(C(=O)Nc3cnn(Cc4ccccn4)c3)coc2n1. The fourth-order valence-electron chi connectivity index (χ4n) is 3.28. The number of carbonyl (C=O) groups excluding carboxylic acids is 1. The second-order valence-corrected chi connectivity index (χ2v) is 7.84. The molecule has 1 amide bonds. The zero-order valence-electron chi connectivity index (χ0n) is 16.7. The van der Waals surface area contributed by atoms with E-state index < -0.39 is 0 Å². The Morgan fingerprint density at radius 1 is 1.30 bits per heavy atom. The Morgan fingerprint density at radius 2 is 2.17 bits per heavy atom. The van der Waals surface area contributed by atoms with Crippen LogP contribution in [0.3, 0.4) is 0 Å². The molecule has 0 aromatic carbocycles. The maximum atomic E-state index is 13.0. The van der Waals surface area contributed by atoms with Gasteiger partial charge in [-0.15, -0.1) is 0 Å². The van der Waals surface area contributed by atoms with Crippen LogP contribution < -0.4 is 10.6 Å². The van der Waals surface area contributed by atoms with Gasteiger partial charge in [0.2, 0.25) is 5.71 Å². The minimum atomic E-state index is -0.303. The molecule has 5 rings (SSSR count). The third-order valence-electron chi connectivity index (χ3n) is 5.15. The highest BCUT2D eigenvalue weighted by molar-refractivity contribution is 6.14. The topological polar surface area (TPSA) is 111 Å². The van der Waals surface area contributed by atoms with Gasteiger partial charge in [-0.1, -0.05) is 6.07 Å². The summed E-state index contributed by atoms with van der Waals surface area (Å²) in [6.07, 6.45) is 8.66. The highest BCUT2D eigenvalue weighted by Gasteiger charge is 2.38. The van der Waals surface area contributed by atoms with Crippen LogP contribution in [-0.2, 0) is 6.54 Å². The van der Waals surface area contributed by atoms with Crippen molar-refractivity contribution in [1.29, 1.82) is 0 Å². The molecule has 4 aromatic rings. The molecule has 1 aliphatic carbocycles. The van der Waals surface area contributed by atoms with Crippen LogP contribution in [0.15, 0.2) is 47.5 Å². The maximum Gasteiger partial charge on any atom is 0.259 e. The average molecular weight is 403 g/mol. The molecule has 0 atom stereocenters. The number of nitrogens with one attached hydrogen (secondary N) is 2. The van der Waals surface area contributed by atoms with Gasteiger partial charge < -0.3 is 15.1 Å². The van der Waals surface area contributed by atoms with Gasteiger partial charge in [-0.25, -0.2) is 4.98 Å². The van der Waals surface area contributed by atoms with Crippen molar-refractivity contribution in [3.8, 4) is 0 Å². The molecule has 4 heterocycles. The lowest BCUT2D eigenvalue weighted by Gasteiger charge is -2.13. The number of rotatable bonds is 6. The van der Waals surface area contributed by atoms with Crippen LogP contribution in [0.25, 0.3) is 11.1 Å². The van der Waals surface area contributed by atoms with Crippen molar-refractivity contribution in [2.24, 2.45) is 0 Å². The Bertz CT molecular complexity index is 1220. The number of amides is 1. The van der Waals surface area contributed by atoms with Crippen LogP contribution in [0.5, 0.6) is 0 Å². The third kappa shape index (κ3) is 3.61. The number of aromatic nitrogens is 5. The number of aryl methyl sites for hydroxylation is 1. The molecule has 1 fully saturated rings. The molecule has 1 saturated carbocycles. The number of fused-ring (bicyclic) bond motifs is 1. The fraction of sp³-hybridized carbons (Fsp3) is 0.286. The van der Waals surface area contributed by atoms with Gasteiger partial charge in [-0.3, -0.25) is 14.5 Å². The molecule has 0 spiro atoms. The molecule has 9 nitrogen and oxygen atoms in total. The molecule has 0 aliphatic heterocycles. The minimum absolute atomic E-state index is 0.00531. The number of carbonyl (C=O) groups is 1. The Hall–Kier alpha value is -3.75. The van der Waals surface area contributed by atoms with Crippen LogP contribution in [0, 0.1) is 6.92 Å². The normalized spacial score (nSPS) is 14.6. The molecule has 0 bridgehead atoms. The minimum Gasteiger partial charge on any atom is -0.445 e. The van der Waals surface area contributed by atoms with Crippen LogP contribution >= 0.6 is 0 Å². The first kappa shape index (κ1) is 18.3. The van der Waals surface area contributed by atoms with E-state index in [-0.39, 0.29) is 11.4 Å². The zero-order valence-corrected chi connectivity index (χ0v) is 16.7. The predicted molar refractivity (Wildman–Crippen MR) is 111 cm³/mol. The van der Waals surface area contributed by atoms with Crippen LogP contribution in [0.4, 0.5) is 11.5 Å². The highest BCUT2D eigenvalue weighted by atomic mass is 16.3. The van der Waals surface area contributed by atoms with Crippen molar-refractivity contribution in [3.63, 3.8) is 0 Å². The van der Waals surface area contributed by atoms with E-state index >= 15 is 0 Å². The molecular weight excluding hydrogens is 382 g/mol. The number of hydrogen-bond acceptors (Lipinski definition) is 7. The van der Waals surface area contributed by atoms with E-state index in [0.29, 0.717) is 40.5 Å². The van der Waals surface area contributed by atoms with Crippen molar-refractivity contribution < 1.29 is 9.21 Å². The molecule has 1 aliphatic rings. The zero-order chi connectivity index (χ0) is 20.7. The standard InChI is InChI=1S/C21H21N7O2/c1-13-24-18(27-21(2)6-7-21)17-16(12-30-20(17)25-13)19(29)26-15-9-23-28(11-15)10-14-5-3-4-8-22-14/h3-5,8-9,11-12H,6-7,10H2,1-2H3,(H,26,29)(H,24,25,27). The number of nitrogens with zero attached hydrogens (tertiary/aromatic N) is 5. The summed E-state index contributed by atoms with van der Waals surface area (Å²) >= 11 is 0. The van der Waals surface area contributed by atoms with E-state index in [1.165, 1.54) is 6.26 Å². The van der Waals surface area contributed by atoms with Crippen molar-refractivity contribution in [1.82, 2.24) is 24.7 Å². The summed E-state index contributed by atoms with van der Waals surface area (Å²) in [5, 5.41) is 11.2. The summed E-state index contributed by atoms with van der Waals surface area (Å²) in [5.74, 6) is 0.913. The lowest BCUT2D eigenvalue weighted by molar-refractivity contribution is 0.102. The molecule has 30 heavy (non-hydrogen) atoms. The number of anilines is 2. The Labute approximate surface area is 172 Å². The third-order valence-corrected chi connectivity index (χ3v) is 5.15. The Kier molecular flexibility index (Phi) is 4.23. The second-order valence-electron chi connectivity index (χ2n) is 7.84. The van der Waals surface area contributed by atoms with E-state index in [9.17, 15) is 4.79 Å². The van der Waals surface area contributed by atoms with Gasteiger partial charge in [0, 0.05) is 17.9 Å². The van der Waals surface area contributed by atoms with Crippen molar-refractivity contribution in [2.75, 3.05) is 10.6 Å². The number of hydrogen-bond donors (Lipinski definition) is 2. The smallest absolute Gasteiger partial charge is 0.259 e. The Morgan fingerprint density at radius 3 is 2.93 bits per heavy atom. The second kappa shape index (κ2) is 6.94. The van der Waals surface area contributed by atoms with E-state index in [0.717, 1.165) is 18.5 Å². The number of pyridine rings is 1. The molecule has 152 valence electrons. The van der Waals surface area contributed by atoms with Crippen molar-refractivity contribution in [2.45, 2.75) is 38.8 Å². The summed E-state index contributed by atoms with van der Waals surface area (Å²) in [6, 6.07) is 5.72. The van der Waals surface area contributed by atoms with Gasteiger partial charge in [0.25, 0.3) is 5.91 Å². The molecule has 0 radical (unpaired) electrons. The molecule has 9 heteroatoms. The summed E-state index contributed by atoms with van der Waals surface area (Å²) < 4.78 is 7.29. The maximum absolute atomic E-state index is 13.0. The van der Waals surface area contributed by atoms with Crippen LogP contribution in [0.2, 0.25) is 0 Å². The summed E-state index contributed by atoms with van der Waals surface area (Å²) in [7, 11) is 0. The molecule has 4 aromatic heterocycles. The molecular formula is C21H21N7O2.